The van der Waals surface area contributed by atoms with Gasteiger partial charge in [0.05, 0.1) is 12.9 Å². The van der Waals surface area contributed by atoms with E-state index in [0.29, 0.717) is 5.69 Å². The van der Waals surface area contributed by atoms with Gasteiger partial charge >= 0.3 is 0 Å². The van der Waals surface area contributed by atoms with Crippen molar-refractivity contribution in [1.82, 2.24) is 34.7 Å². The highest BCUT2D eigenvalue weighted by atomic mass is 16.6. The number of hydrogen-bond acceptors (Lipinski definition) is 10. The molecule has 0 radical (unpaired) electrons. The number of aliphatic hydroxyl groups excluding tert-OH is 2. The molecule has 2 amide bonds. The molecule has 36 heavy (non-hydrogen) atoms. The van der Waals surface area contributed by atoms with Crippen LogP contribution < -0.4 is 11.1 Å². The number of nitrogen functional groups attached to an aromatic ring is 1. The van der Waals surface area contributed by atoms with Crippen LogP contribution in [0.15, 0.2) is 30.7 Å². The fourth-order valence-electron chi connectivity index (χ4n) is 3.76. The first-order valence-corrected chi connectivity index (χ1v) is 11.2. The highest BCUT2D eigenvalue weighted by molar-refractivity contribution is 5.92. The standard InChI is InChI=1S/C23H26N8O5/c1-12(2)30(22(35)13-7-4-5-9-26-13)10-6-8-14-28-19(24)15-20(29-14)31(11-27-15)23-17(33)16(32)18(36-23)21(34)25-3/h4-5,7,9,11-12,16-18,23,32-33H,10H2,1-3H3,(H,25,34)(H2,24,28,29)/t16-,17+,18?,23?/m0/s1. The van der Waals surface area contributed by atoms with Crippen molar-refractivity contribution in [3.8, 4) is 11.8 Å². The van der Waals surface area contributed by atoms with Crippen LogP contribution in [-0.4, -0.2) is 89.4 Å². The van der Waals surface area contributed by atoms with Crippen molar-refractivity contribution in [2.24, 2.45) is 0 Å². The lowest BCUT2D eigenvalue weighted by molar-refractivity contribution is -0.137. The summed E-state index contributed by atoms with van der Waals surface area (Å²) in [7, 11) is 1.40. The van der Waals surface area contributed by atoms with Gasteiger partial charge in [-0.3, -0.25) is 19.1 Å². The Hall–Kier alpha value is -4.12. The molecule has 1 aliphatic rings. The first-order valence-electron chi connectivity index (χ1n) is 11.2. The van der Waals surface area contributed by atoms with Gasteiger partial charge in [-0.25, -0.2) is 15.0 Å². The topological polar surface area (TPSA) is 182 Å². The smallest absolute Gasteiger partial charge is 0.273 e. The average molecular weight is 495 g/mol. The number of aromatic nitrogens is 5. The monoisotopic (exact) mass is 494 g/mol. The summed E-state index contributed by atoms with van der Waals surface area (Å²) in [5.74, 6) is 4.97. The summed E-state index contributed by atoms with van der Waals surface area (Å²) >= 11 is 0. The van der Waals surface area contributed by atoms with Crippen LogP contribution in [0, 0.1) is 11.8 Å². The van der Waals surface area contributed by atoms with E-state index in [1.54, 1.807) is 29.3 Å². The number of pyridine rings is 1. The molecule has 4 atom stereocenters. The third-order valence-electron chi connectivity index (χ3n) is 5.68. The van der Waals surface area contributed by atoms with Crippen LogP contribution >= 0.6 is 0 Å². The van der Waals surface area contributed by atoms with E-state index in [0.717, 1.165) is 0 Å². The maximum atomic E-state index is 12.8. The van der Waals surface area contributed by atoms with Crippen molar-refractivity contribution in [3.63, 3.8) is 0 Å². The second-order valence-corrected chi connectivity index (χ2v) is 8.34. The predicted octanol–water partition coefficient (Wildman–Crippen LogP) is -0.929. The fourth-order valence-corrected chi connectivity index (χ4v) is 3.76. The molecule has 188 valence electrons. The van der Waals surface area contributed by atoms with Gasteiger partial charge in [0.1, 0.15) is 23.4 Å². The number of carbonyl (C=O) groups excluding carboxylic acids is 2. The zero-order valence-electron chi connectivity index (χ0n) is 19.9. The Kier molecular flexibility index (Phi) is 7.11. The number of nitrogens with one attached hydrogen (secondary N) is 1. The van der Waals surface area contributed by atoms with E-state index in [9.17, 15) is 19.8 Å². The summed E-state index contributed by atoms with van der Waals surface area (Å²) in [5.41, 5.74) is 6.80. The van der Waals surface area contributed by atoms with Gasteiger partial charge in [-0.05, 0) is 31.9 Å². The van der Waals surface area contributed by atoms with Gasteiger partial charge in [-0.15, -0.1) is 0 Å². The molecule has 13 nitrogen and oxygen atoms in total. The van der Waals surface area contributed by atoms with Crippen LogP contribution in [0.3, 0.4) is 0 Å². The minimum absolute atomic E-state index is 0.0456. The summed E-state index contributed by atoms with van der Waals surface area (Å²) in [5, 5.41) is 23.1. The lowest BCUT2D eigenvalue weighted by atomic mass is 10.1. The van der Waals surface area contributed by atoms with Crippen molar-refractivity contribution in [3.05, 3.63) is 42.2 Å². The van der Waals surface area contributed by atoms with E-state index in [1.807, 2.05) is 13.8 Å². The number of fused-ring (bicyclic) bond motifs is 1. The third-order valence-corrected chi connectivity index (χ3v) is 5.68. The predicted molar refractivity (Wildman–Crippen MR) is 127 cm³/mol. The van der Waals surface area contributed by atoms with E-state index in [-0.39, 0.29) is 41.3 Å². The Morgan fingerprint density at radius 2 is 2.03 bits per heavy atom. The first kappa shape index (κ1) is 25.0. The molecular weight excluding hydrogens is 468 g/mol. The normalized spacial score (nSPS) is 21.3. The number of amides is 2. The first-order chi connectivity index (χ1) is 17.2. The van der Waals surface area contributed by atoms with Crippen LogP contribution in [0.5, 0.6) is 0 Å². The Balaban J connectivity index is 1.60. The van der Waals surface area contributed by atoms with Crippen LogP contribution in [0.1, 0.15) is 36.4 Å². The molecule has 0 aliphatic carbocycles. The molecular formula is C23H26N8O5. The number of rotatable bonds is 5. The van der Waals surface area contributed by atoms with Crippen molar-refractivity contribution in [2.45, 2.75) is 44.4 Å². The summed E-state index contributed by atoms with van der Waals surface area (Å²) in [6.07, 6.45) is -2.42. The average Bonchev–Trinajstić information content (AvgIpc) is 3.42. The molecule has 0 spiro atoms. The highest BCUT2D eigenvalue weighted by Gasteiger charge is 2.47. The molecule has 2 unspecified atom stereocenters. The molecule has 1 aliphatic heterocycles. The lowest BCUT2D eigenvalue weighted by Crippen LogP contribution is -2.41. The van der Waals surface area contributed by atoms with Gasteiger partial charge in [0.15, 0.2) is 23.8 Å². The van der Waals surface area contributed by atoms with Crippen LogP contribution in [0.4, 0.5) is 5.82 Å². The number of aliphatic hydroxyl groups is 2. The van der Waals surface area contributed by atoms with Crippen molar-refractivity contribution >= 4 is 28.8 Å². The summed E-state index contributed by atoms with van der Waals surface area (Å²) in [6, 6.07) is 4.97. The number of likely N-dealkylation sites (N-methyl/N-ethyl adjacent to an activating group) is 1. The summed E-state index contributed by atoms with van der Waals surface area (Å²) in [4.78, 5) is 43.2. The lowest BCUT2D eigenvalue weighted by Gasteiger charge is -2.23. The third kappa shape index (κ3) is 4.69. The van der Waals surface area contributed by atoms with Gasteiger partial charge < -0.3 is 30.9 Å². The maximum absolute atomic E-state index is 12.8. The molecule has 3 aromatic rings. The number of nitrogens with zero attached hydrogens (tertiary/aromatic N) is 6. The van der Waals surface area contributed by atoms with Gasteiger partial charge in [0, 0.05) is 19.3 Å². The van der Waals surface area contributed by atoms with Crippen molar-refractivity contribution in [2.75, 3.05) is 19.3 Å². The minimum Gasteiger partial charge on any atom is -0.387 e. The summed E-state index contributed by atoms with van der Waals surface area (Å²) in [6.45, 7) is 3.84. The molecule has 0 saturated carbocycles. The molecule has 4 rings (SSSR count). The molecule has 13 heteroatoms. The SMILES string of the molecule is CNC(=O)C1OC(n2cnc3c(N)nc(C#CCN(C(=O)c4ccccn4)C(C)C)nc32)[C@H](O)[C@@H]1O. The van der Waals surface area contributed by atoms with E-state index in [1.165, 1.54) is 17.9 Å². The molecule has 1 fully saturated rings. The molecule has 0 aromatic carbocycles. The second-order valence-electron chi connectivity index (χ2n) is 8.34. The molecule has 4 heterocycles. The maximum Gasteiger partial charge on any atom is 0.273 e. The zero-order chi connectivity index (χ0) is 26.0. The van der Waals surface area contributed by atoms with Crippen LogP contribution in [-0.2, 0) is 9.53 Å². The van der Waals surface area contributed by atoms with Gasteiger partial charge in [-0.1, -0.05) is 12.0 Å². The largest absolute Gasteiger partial charge is 0.387 e. The van der Waals surface area contributed by atoms with E-state index in [2.05, 4.69) is 37.1 Å². The summed E-state index contributed by atoms with van der Waals surface area (Å²) < 4.78 is 6.96. The molecule has 1 saturated heterocycles. The number of ether oxygens (including phenoxy) is 1. The zero-order valence-corrected chi connectivity index (χ0v) is 19.9. The van der Waals surface area contributed by atoms with Crippen molar-refractivity contribution in [1.29, 1.82) is 0 Å². The van der Waals surface area contributed by atoms with Crippen LogP contribution in [0.25, 0.3) is 11.2 Å². The Bertz CT molecular complexity index is 1330. The quantitative estimate of drug-likeness (QED) is 0.323. The van der Waals surface area contributed by atoms with Crippen LogP contribution in [0.2, 0.25) is 0 Å². The minimum atomic E-state index is -1.45. The Morgan fingerprint density at radius 3 is 2.69 bits per heavy atom. The number of anilines is 1. The Labute approximate surface area is 206 Å². The van der Waals surface area contributed by atoms with Gasteiger partial charge in [0.2, 0.25) is 5.82 Å². The molecule has 5 N–H and O–H groups in total. The number of imidazole rings is 1. The van der Waals surface area contributed by atoms with E-state index < -0.39 is 30.4 Å². The number of carbonyl (C=O) groups is 2. The molecule has 0 bridgehead atoms. The number of nitrogens with two attached hydrogens (primary N) is 1. The van der Waals surface area contributed by atoms with E-state index in [4.69, 9.17) is 10.5 Å². The van der Waals surface area contributed by atoms with Gasteiger partial charge in [0.25, 0.3) is 11.8 Å². The molecule has 3 aromatic heterocycles. The Morgan fingerprint density at radius 1 is 1.25 bits per heavy atom. The second kappa shape index (κ2) is 10.2. The van der Waals surface area contributed by atoms with Crippen molar-refractivity contribution < 1.29 is 24.5 Å². The highest BCUT2D eigenvalue weighted by Crippen LogP contribution is 2.32. The van der Waals surface area contributed by atoms with Gasteiger partial charge in [-0.2, -0.15) is 0 Å². The fraction of sp³-hybridized carbons (Fsp3) is 0.391. The van der Waals surface area contributed by atoms with E-state index >= 15 is 0 Å². The number of hydrogen-bond donors (Lipinski definition) is 4.